The van der Waals surface area contributed by atoms with Gasteiger partial charge in [-0.15, -0.1) is 101 Å². The second-order valence-corrected chi connectivity index (χ2v) is 19.3. The molecule has 0 amide bonds. The van der Waals surface area contributed by atoms with Crippen LogP contribution in [0.3, 0.4) is 0 Å². The molecule has 0 aliphatic carbocycles. The zero-order valence-corrected chi connectivity index (χ0v) is 44.5. The maximum Gasteiger partial charge on any atom is 3.00 e. The van der Waals surface area contributed by atoms with Crippen LogP contribution in [0.4, 0.5) is 0 Å². The van der Waals surface area contributed by atoms with E-state index in [4.69, 9.17) is 15.0 Å². The smallest absolute Gasteiger partial charge is 0.333 e. The molecule has 0 saturated carbocycles. The summed E-state index contributed by atoms with van der Waals surface area (Å²) in [5, 5.41) is 3.29. The Kier molecular flexibility index (Phi) is 12.8. The molecule has 0 bridgehead atoms. The Hall–Kier alpha value is -9.64. The minimum Gasteiger partial charge on any atom is -0.333 e. The first kappa shape index (κ1) is 48.0. The van der Waals surface area contributed by atoms with Crippen LogP contribution < -0.4 is 0 Å². The molecule has 0 aliphatic heterocycles. The summed E-state index contributed by atoms with van der Waals surface area (Å²) < 4.78 is 2.31. The summed E-state index contributed by atoms with van der Waals surface area (Å²) in [5.74, 6) is 0. The van der Waals surface area contributed by atoms with Crippen LogP contribution in [0, 0.1) is 18.2 Å². The number of hydrogen-bond donors (Lipinski definition) is 0. The van der Waals surface area contributed by atoms with Gasteiger partial charge >= 0.3 is 20.1 Å². The van der Waals surface area contributed by atoms with E-state index in [0.717, 1.165) is 128 Å². The number of hydrogen-bond acceptors (Lipinski definition) is 3. The third-order valence-electron chi connectivity index (χ3n) is 14.7. The molecule has 0 spiro atoms. The first-order valence-electron chi connectivity index (χ1n) is 25.9. The molecule has 0 N–H and O–H groups in total. The van der Waals surface area contributed by atoms with Crippen molar-refractivity contribution in [3.63, 3.8) is 0 Å². The molecular formula is C73H45IrN4. The van der Waals surface area contributed by atoms with E-state index in [0.29, 0.717) is 0 Å². The molecule has 366 valence electrons. The molecular weight excluding hydrogens is 1130 g/mol. The molecule has 0 aliphatic rings. The standard InChI is InChI=1S/C73H45N4.Ir/c1-3-18-49(19-4-1)50-34-36-51(37-35-50)53-22-17-23-54(42-53)70-41-39-56(47-75-70)61-25-8-10-27-63(61)58-43-57(62-26-9-7-24-60(62)55-38-40-69(74-46-55)52-20-5-2-6-21-52)44-59(45-58)64-28-11-13-30-66(64)72-48-76-73-68-32-14-12-29-65(68)67-31-15-16-33-71(67)77(72)73;/h1-20,22,24-31,33-48H;/q-3;+3. The van der Waals surface area contributed by atoms with Crippen molar-refractivity contribution in [2.24, 2.45) is 0 Å². The molecule has 0 atom stereocenters. The van der Waals surface area contributed by atoms with Gasteiger partial charge in [-0.3, -0.25) is 4.98 Å². The molecule has 78 heavy (non-hydrogen) atoms. The molecule has 0 fully saturated rings. The summed E-state index contributed by atoms with van der Waals surface area (Å²) >= 11 is 0. The minimum absolute atomic E-state index is 0. The zero-order chi connectivity index (χ0) is 51.1. The average molecular weight is 1170 g/mol. The van der Waals surface area contributed by atoms with Crippen molar-refractivity contribution in [3.05, 3.63) is 292 Å². The largest absolute Gasteiger partial charge is 3.00 e. The minimum atomic E-state index is 0. The molecule has 4 nitrogen and oxygen atoms in total. The predicted molar refractivity (Wildman–Crippen MR) is 317 cm³/mol. The van der Waals surface area contributed by atoms with Crippen LogP contribution in [0.25, 0.3) is 139 Å². The summed E-state index contributed by atoms with van der Waals surface area (Å²) in [6.07, 6.45) is 6.00. The quantitative estimate of drug-likeness (QED) is 0.101. The van der Waals surface area contributed by atoms with E-state index in [-0.39, 0.29) is 20.1 Å². The Morgan fingerprint density at radius 3 is 1.40 bits per heavy atom. The Bertz CT molecular complexity index is 4470. The van der Waals surface area contributed by atoms with Gasteiger partial charge in [-0.2, -0.15) is 0 Å². The van der Waals surface area contributed by atoms with Crippen LogP contribution in [-0.4, -0.2) is 19.4 Å². The van der Waals surface area contributed by atoms with Crippen molar-refractivity contribution >= 4 is 27.3 Å². The third kappa shape index (κ3) is 8.91. The molecule has 14 rings (SSSR count). The summed E-state index contributed by atoms with van der Waals surface area (Å²) in [7, 11) is 0. The number of para-hydroxylation sites is 1. The van der Waals surface area contributed by atoms with Gasteiger partial charge in [-0.25, -0.2) is 0 Å². The Morgan fingerprint density at radius 2 is 0.782 bits per heavy atom. The fourth-order valence-electron chi connectivity index (χ4n) is 11.0. The predicted octanol–water partition coefficient (Wildman–Crippen LogP) is 18.5. The number of pyridine rings is 3. The van der Waals surface area contributed by atoms with Crippen LogP contribution >= 0.6 is 0 Å². The Balaban J connectivity index is 0.00000579. The third-order valence-corrected chi connectivity index (χ3v) is 14.7. The monoisotopic (exact) mass is 1170 g/mol. The number of nitrogens with zero attached hydrogens (tertiary/aromatic N) is 4. The van der Waals surface area contributed by atoms with Crippen LogP contribution in [0.15, 0.2) is 273 Å². The fourth-order valence-corrected chi connectivity index (χ4v) is 11.0. The van der Waals surface area contributed by atoms with Gasteiger partial charge in [-0.1, -0.05) is 175 Å². The SMILES string of the molecule is [Ir+3].[c-]1ccccc1-c1ccc(-c2ccccc2-c2cc(-c3ccccc3-c3ccc(-c4[c-]ccc(-c5ccc(-c6ccccc6)cc5)c4)nc3)cc(-c3ccccc3-c3cnc4c5[c-]cccc5c5ccccc5n34)c2)cn1. The van der Waals surface area contributed by atoms with E-state index in [2.05, 4.69) is 235 Å². The van der Waals surface area contributed by atoms with E-state index in [1.165, 1.54) is 11.1 Å². The van der Waals surface area contributed by atoms with Gasteiger partial charge in [-0.05, 0) is 113 Å². The average Bonchev–Trinajstić information content (AvgIpc) is 4.02. The molecule has 4 aromatic heterocycles. The molecule has 0 unspecified atom stereocenters. The van der Waals surface area contributed by atoms with Crippen LogP contribution in [0.2, 0.25) is 0 Å². The van der Waals surface area contributed by atoms with Gasteiger partial charge in [0.25, 0.3) is 0 Å². The topological polar surface area (TPSA) is 43.1 Å². The number of fused-ring (bicyclic) bond motifs is 6. The molecule has 5 heteroatoms. The molecule has 10 aromatic carbocycles. The van der Waals surface area contributed by atoms with Gasteiger partial charge in [0.2, 0.25) is 0 Å². The van der Waals surface area contributed by atoms with Crippen molar-refractivity contribution in [1.29, 1.82) is 0 Å². The van der Waals surface area contributed by atoms with E-state index >= 15 is 0 Å². The maximum absolute atomic E-state index is 5.13. The van der Waals surface area contributed by atoms with Gasteiger partial charge < -0.3 is 14.4 Å². The van der Waals surface area contributed by atoms with Crippen LogP contribution in [0.1, 0.15) is 0 Å². The van der Waals surface area contributed by atoms with Crippen molar-refractivity contribution in [2.45, 2.75) is 0 Å². The second kappa shape index (κ2) is 20.8. The normalized spacial score (nSPS) is 11.2. The van der Waals surface area contributed by atoms with Gasteiger partial charge in [0, 0.05) is 29.7 Å². The first-order valence-corrected chi connectivity index (χ1v) is 25.9. The molecule has 4 heterocycles. The number of benzene rings is 10. The Labute approximate surface area is 467 Å². The molecule has 0 saturated heterocycles. The maximum atomic E-state index is 5.13. The van der Waals surface area contributed by atoms with E-state index < -0.39 is 0 Å². The van der Waals surface area contributed by atoms with Crippen molar-refractivity contribution in [3.8, 4) is 112 Å². The fraction of sp³-hybridized carbons (Fsp3) is 0. The second-order valence-electron chi connectivity index (χ2n) is 19.3. The van der Waals surface area contributed by atoms with E-state index in [1.54, 1.807) is 0 Å². The number of aromatic nitrogens is 4. The zero-order valence-electron chi connectivity index (χ0n) is 42.1. The van der Waals surface area contributed by atoms with E-state index in [9.17, 15) is 0 Å². The first-order chi connectivity index (χ1) is 38.2. The Morgan fingerprint density at radius 1 is 0.295 bits per heavy atom. The van der Waals surface area contributed by atoms with Crippen molar-refractivity contribution in [1.82, 2.24) is 19.4 Å². The number of rotatable bonds is 10. The summed E-state index contributed by atoms with van der Waals surface area (Å²) in [6, 6.07) is 100. The van der Waals surface area contributed by atoms with Crippen molar-refractivity contribution < 1.29 is 20.1 Å². The molecule has 14 aromatic rings. The summed E-state index contributed by atoms with van der Waals surface area (Å²) in [6.45, 7) is 0. The van der Waals surface area contributed by atoms with Gasteiger partial charge in [0.1, 0.15) is 0 Å². The van der Waals surface area contributed by atoms with Crippen LogP contribution in [-0.2, 0) is 20.1 Å². The van der Waals surface area contributed by atoms with E-state index in [1.807, 2.05) is 61.1 Å². The van der Waals surface area contributed by atoms with Crippen LogP contribution in [0.5, 0.6) is 0 Å². The van der Waals surface area contributed by atoms with Gasteiger partial charge in [0.15, 0.2) is 0 Å². The summed E-state index contributed by atoms with van der Waals surface area (Å²) in [4.78, 5) is 15.2. The summed E-state index contributed by atoms with van der Waals surface area (Å²) in [5.41, 5.74) is 23.1. The van der Waals surface area contributed by atoms with Crippen molar-refractivity contribution in [2.75, 3.05) is 0 Å². The molecule has 0 radical (unpaired) electrons. The van der Waals surface area contributed by atoms with Gasteiger partial charge in [0.05, 0.1) is 11.3 Å². The number of imidazole rings is 1.